The molecule has 0 aliphatic carbocycles. The van der Waals surface area contributed by atoms with Crippen molar-refractivity contribution < 1.29 is 38.7 Å². The minimum Gasteiger partial charge on any atom is -0.489 e. The summed E-state index contributed by atoms with van der Waals surface area (Å²) in [7, 11) is 1.25. The summed E-state index contributed by atoms with van der Waals surface area (Å²) in [4.78, 5) is 40.8. The highest BCUT2D eigenvalue weighted by atomic mass is 35.5. The van der Waals surface area contributed by atoms with Gasteiger partial charge in [0.05, 0.1) is 12.7 Å². The number of nitrogens with zero attached hydrogens (tertiary/aromatic N) is 2. The smallest absolute Gasteiger partial charge is 0.306 e. The summed E-state index contributed by atoms with van der Waals surface area (Å²) >= 11 is 12.0. The fourth-order valence-electron chi connectivity index (χ4n) is 6.07. The molecule has 58 heavy (non-hydrogen) atoms. The third-order valence-electron chi connectivity index (χ3n) is 9.05. The number of fused-ring (bicyclic) bond motifs is 2. The standard InChI is InChI=1S/C25H27ClFNO4.C19H18ClFN2O2.CH4/c1-25(2,3)32-23(29)11-4-17(13-27)16-31-22-9-6-18(7-10-22)24(30)28-14-19-5-8-21(26)12-20(19)15-28;20-17-4-1-15-10-23(11-16(15)7-17)19(24)14-2-5-18(6-3-14)25-12-13(8-21)9-22;/h5-10,12-13H,4,11,14-16H2,1-3H3;1-8H,9-12,22H2;1H4/i;;1T. The predicted octanol–water partition coefficient (Wildman–Crippen LogP) is 10.2. The van der Waals surface area contributed by atoms with Crippen LogP contribution in [0.4, 0.5) is 8.78 Å². The second-order valence-electron chi connectivity index (χ2n) is 14.6. The Bertz CT molecular complexity index is 2130. The molecule has 4 aromatic carbocycles. The van der Waals surface area contributed by atoms with Crippen LogP contribution in [-0.2, 0) is 35.7 Å². The lowest BCUT2D eigenvalue weighted by Gasteiger charge is -2.19. The topological polar surface area (TPSA) is 111 Å². The minimum absolute atomic E-state index is 0.00872. The Morgan fingerprint density at radius 3 is 1.50 bits per heavy atom. The second-order valence-corrected chi connectivity index (χ2v) is 15.5. The van der Waals surface area contributed by atoms with Crippen LogP contribution in [-0.4, -0.2) is 52.9 Å². The van der Waals surface area contributed by atoms with Gasteiger partial charge >= 0.3 is 5.97 Å². The summed E-state index contributed by atoms with van der Waals surface area (Å²) < 4.78 is 47.7. The molecule has 0 fully saturated rings. The number of rotatable bonds is 12. The molecule has 2 N–H and O–H groups in total. The zero-order chi connectivity index (χ0) is 43.1. The van der Waals surface area contributed by atoms with Gasteiger partial charge in [-0.25, -0.2) is 8.78 Å². The lowest BCUT2D eigenvalue weighted by atomic mass is 10.1. The van der Waals surface area contributed by atoms with Gasteiger partial charge in [0.25, 0.3) is 11.8 Å². The lowest BCUT2D eigenvalue weighted by molar-refractivity contribution is -0.154. The number of ether oxygens (including phenoxy) is 3. The van der Waals surface area contributed by atoms with Gasteiger partial charge in [-0.05, 0) is 128 Å². The van der Waals surface area contributed by atoms with Gasteiger partial charge in [-0.3, -0.25) is 14.4 Å². The Morgan fingerprint density at radius 1 is 0.690 bits per heavy atom. The Morgan fingerprint density at radius 2 is 1.10 bits per heavy atom. The number of halogens is 4. The van der Waals surface area contributed by atoms with Crippen LogP contribution < -0.4 is 15.2 Å². The molecule has 9 nitrogen and oxygen atoms in total. The molecule has 4 aromatic rings. The molecular weight excluding hydrogens is 787 g/mol. The van der Waals surface area contributed by atoms with E-state index < -0.39 is 5.60 Å². The number of esters is 1. The van der Waals surface area contributed by atoms with Crippen molar-refractivity contribution in [3.05, 3.63) is 152 Å². The van der Waals surface area contributed by atoms with Gasteiger partial charge < -0.3 is 29.7 Å². The molecule has 0 bridgehead atoms. The third kappa shape index (κ3) is 12.9. The first-order valence-corrected chi connectivity index (χ1v) is 19.1. The molecule has 2 aliphatic heterocycles. The number of hydrogen-bond acceptors (Lipinski definition) is 7. The van der Waals surface area contributed by atoms with E-state index in [9.17, 15) is 23.2 Å². The van der Waals surface area contributed by atoms with Crippen molar-refractivity contribution >= 4 is 41.0 Å². The average Bonchev–Trinajstić information content (AvgIpc) is 3.85. The predicted molar refractivity (Wildman–Crippen MR) is 223 cm³/mol. The minimum atomic E-state index is -0.572. The van der Waals surface area contributed by atoms with Gasteiger partial charge in [0.1, 0.15) is 30.3 Å². The molecule has 308 valence electrons. The molecule has 2 heterocycles. The Labute approximate surface area is 350 Å². The summed E-state index contributed by atoms with van der Waals surface area (Å²) in [6, 6.07) is 24.9. The van der Waals surface area contributed by atoms with Crippen molar-refractivity contribution in [1.29, 1.82) is 0 Å². The van der Waals surface area contributed by atoms with E-state index in [0.717, 1.165) is 22.3 Å². The van der Waals surface area contributed by atoms with E-state index in [1.54, 1.807) is 79.1 Å². The second kappa shape index (κ2) is 21.0. The number of benzene rings is 4. The van der Waals surface area contributed by atoms with Crippen LogP contribution >= 0.6 is 23.2 Å². The van der Waals surface area contributed by atoms with Gasteiger partial charge in [0.2, 0.25) is 0 Å². The number of carbonyl (C=O) groups excluding carboxylic acids is 3. The quantitative estimate of drug-likeness (QED) is 0.141. The first-order valence-electron chi connectivity index (χ1n) is 19.3. The molecule has 6 rings (SSSR count). The Kier molecular flexibility index (Phi) is 15.9. The fraction of sp³-hybridized carbons (Fsp3) is 0.311. The molecule has 0 spiro atoms. The van der Waals surface area contributed by atoms with E-state index in [-0.39, 0.29) is 50.4 Å². The van der Waals surface area contributed by atoms with Crippen molar-refractivity contribution in [2.75, 3.05) is 19.8 Å². The van der Waals surface area contributed by atoms with E-state index in [1.807, 2.05) is 36.4 Å². The van der Waals surface area contributed by atoms with Gasteiger partial charge in [-0.1, -0.05) is 42.7 Å². The molecule has 0 saturated heterocycles. The van der Waals surface area contributed by atoms with E-state index in [4.69, 9.17) is 44.5 Å². The van der Waals surface area contributed by atoms with Crippen LogP contribution in [0.5, 0.6) is 11.5 Å². The molecule has 0 radical (unpaired) electrons. The lowest BCUT2D eigenvalue weighted by Crippen LogP contribution is -2.25. The number of carbonyl (C=O) groups is 3. The van der Waals surface area contributed by atoms with Gasteiger partial charge in [-0.2, -0.15) is 0 Å². The summed E-state index contributed by atoms with van der Waals surface area (Å²) in [6.45, 7) is 7.75. The molecule has 0 aromatic heterocycles. The zero-order valence-corrected chi connectivity index (χ0v) is 34.5. The van der Waals surface area contributed by atoms with Gasteiger partial charge in [-0.15, -0.1) is 0 Å². The zero-order valence-electron chi connectivity index (χ0n) is 34.0. The van der Waals surface area contributed by atoms with E-state index >= 15 is 0 Å². The maximum Gasteiger partial charge on any atom is 0.306 e. The molecule has 13 heteroatoms. The van der Waals surface area contributed by atoms with Gasteiger partial charge in [0.15, 0.2) is 0 Å². The number of nitrogens with two attached hydrogens (primary N) is 1. The summed E-state index contributed by atoms with van der Waals surface area (Å²) in [5, 5.41) is 1.33. The summed E-state index contributed by atoms with van der Waals surface area (Å²) in [5.74, 6) is 0.553. The fourth-order valence-corrected chi connectivity index (χ4v) is 6.46. The van der Waals surface area contributed by atoms with Crippen molar-refractivity contribution in [2.45, 2.75) is 72.8 Å². The molecular formula is C45H49Cl2F2N3O6. The Hall–Kier alpha value is -5.23. The normalized spacial score (nSPS) is 13.6. The highest BCUT2D eigenvalue weighted by Crippen LogP contribution is 2.29. The van der Waals surface area contributed by atoms with Crippen LogP contribution in [0.3, 0.4) is 0 Å². The molecule has 0 atom stereocenters. The number of amides is 2. The first-order chi connectivity index (χ1) is 28.2. The highest BCUT2D eigenvalue weighted by Gasteiger charge is 2.26. The van der Waals surface area contributed by atoms with Crippen molar-refractivity contribution in [1.82, 2.24) is 9.80 Å². The van der Waals surface area contributed by atoms with Crippen LogP contribution in [0.15, 0.2) is 109 Å². The molecule has 0 saturated carbocycles. The van der Waals surface area contributed by atoms with Crippen molar-refractivity contribution in [2.24, 2.45) is 5.73 Å². The van der Waals surface area contributed by atoms with E-state index in [2.05, 4.69) is 0 Å². The van der Waals surface area contributed by atoms with Crippen LogP contribution in [0.2, 0.25) is 10.0 Å². The van der Waals surface area contributed by atoms with Crippen LogP contribution in [0, 0.1) is 0 Å². The molecule has 2 aliphatic rings. The SMILES string of the molecule is CC(C)(C)OC(=O)CCC(=CF)COc1ccc(C(=O)N2Cc3ccc(Cl)cc3C2)cc1.NCC(=CF)COc1ccc(C(=O)N2Cc3ccc(Cl)cc3C2)cc1.[3H]C. The van der Waals surface area contributed by atoms with Crippen LogP contribution in [0.25, 0.3) is 0 Å². The van der Waals surface area contributed by atoms with Crippen LogP contribution in [0.1, 0.15) is 85.4 Å². The maximum atomic E-state index is 13.2. The average molecular weight is 839 g/mol. The largest absolute Gasteiger partial charge is 0.489 e. The summed E-state index contributed by atoms with van der Waals surface area (Å²) in [5.41, 5.74) is 11.0. The monoisotopic (exact) mass is 837 g/mol. The Balaban J connectivity index is 0.000000257. The molecule has 2 amide bonds. The van der Waals surface area contributed by atoms with Crippen molar-refractivity contribution in [3.8, 4) is 11.5 Å². The number of hydrogen-bond donors (Lipinski definition) is 1. The third-order valence-corrected chi connectivity index (χ3v) is 9.52. The highest BCUT2D eigenvalue weighted by molar-refractivity contribution is 6.31. The first kappa shape index (κ1) is 43.9. The van der Waals surface area contributed by atoms with E-state index in [0.29, 0.717) is 82.7 Å². The summed E-state index contributed by atoms with van der Waals surface area (Å²) in [6.07, 6.45) is 1.20. The maximum absolute atomic E-state index is 13.2. The van der Waals surface area contributed by atoms with Crippen molar-refractivity contribution in [3.63, 3.8) is 0 Å². The van der Waals surface area contributed by atoms with E-state index in [1.165, 1.54) is 7.40 Å². The molecule has 0 unspecified atom stereocenters. The van der Waals surface area contributed by atoms with Gasteiger partial charge in [0, 0.05) is 67.3 Å².